The van der Waals surface area contributed by atoms with Gasteiger partial charge in [0.25, 0.3) is 5.91 Å². The summed E-state index contributed by atoms with van der Waals surface area (Å²) in [6.07, 6.45) is 0.190. The standard InChI is InChI=1S/C17H20N2O6/c1-25-17(23)14(9-10-15(21)19-24)18-16(22)13-7-5-12(6-8-13)4-2-3-11-20/h5-8,14,20,24H,3,9-11H2,1H3,(H,18,22)(H,19,21)/t14-/m0/s1. The van der Waals surface area contributed by atoms with Crippen LogP contribution in [0.2, 0.25) is 0 Å². The number of amides is 2. The molecule has 0 spiro atoms. The third-order valence-electron chi connectivity index (χ3n) is 3.19. The van der Waals surface area contributed by atoms with Gasteiger partial charge in [-0.3, -0.25) is 14.8 Å². The molecular weight excluding hydrogens is 328 g/mol. The van der Waals surface area contributed by atoms with Gasteiger partial charge in [0.05, 0.1) is 13.7 Å². The van der Waals surface area contributed by atoms with E-state index in [4.69, 9.17) is 10.3 Å². The summed E-state index contributed by atoms with van der Waals surface area (Å²) in [7, 11) is 1.17. The van der Waals surface area contributed by atoms with E-state index in [1.807, 2.05) is 0 Å². The monoisotopic (exact) mass is 348 g/mol. The highest BCUT2D eigenvalue weighted by atomic mass is 16.5. The summed E-state index contributed by atoms with van der Waals surface area (Å²) in [5.41, 5.74) is 2.46. The number of ether oxygens (including phenoxy) is 1. The van der Waals surface area contributed by atoms with Gasteiger partial charge < -0.3 is 15.2 Å². The van der Waals surface area contributed by atoms with E-state index in [0.29, 0.717) is 17.5 Å². The first-order chi connectivity index (χ1) is 12.0. The highest BCUT2D eigenvalue weighted by Crippen LogP contribution is 2.06. The van der Waals surface area contributed by atoms with Crippen LogP contribution in [0.5, 0.6) is 0 Å². The van der Waals surface area contributed by atoms with E-state index in [0.717, 1.165) is 0 Å². The molecular formula is C17H20N2O6. The van der Waals surface area contributed by atoms with E-state index in [9.17, 15) is 14.4 Å². The Hall–Kier alpha value is -2.89. The van der Waals surface area contributed by atoms with Crippen LogP contribution in [-0.4, -0.2) is 47.9 Å². The van der Waals surface area contributed by atoms with Gasteiger partial charge in [0, 0.05) is 24.0 Å². The van der Waals surface area contributed by atoms with Crippen molar-refractivity contribution >= 4 is 17.8 Å². The number of aliphatic hydroxyl groups is 1. The van der Waals surface area contributed by atoms with Crippen molar-refractivity contribution in [3.05, 3.63) is 35.4 Å². The second-order valence-corrected chi connectivity index (χ2v) is 4.98. The molecule has 1 aromatic carbocycles. The molecule has 0 fully saturated rings. The summed E-state index contributed by atoms with van der Waals surface area (Å²) >= 11 is 0. The summed E-state index contributed by atoms with van der Waals surface area (Å²) in [6, 6.07) is 5.37. The Morgan fingerprint density at radius 2 is 1.92 bits per heavy atom. The molecule has 8 heteroatoms. The Bertz CT molecular complexity index is 660. The molecule has 0 heterocycles. The third kappa shape index (κ3) is 7.03. The lowest BCUT2D eigenvalue weighted by atomic mass is 10.1. The number of rotatable bonds is 7. The van der Waals surface area contributed by atoms with Crippen molar-refractivity contribution in [2.24, 2.45) is 0 Å². The Kier molecular flexibility index (Phi) is 8.71. The SMILES string of the molecule is COC(=O)[C@H](CCC(=O)NO)NC(=O)c1ccc(C#CCCO)cc1. The normalized spacial score (nSPS) is 10.8. The lowest BCUT2D eigenvalue weighted by Gasteiger charge is -2.16. The maximum Gasteiger partial charge on any atom is 0.328 e. The van der Waals surface area contributed by atoms with Crippen LogP contribution in [-0.2, 0) is 14.3 Å². The number of aliphatic hydroxyl groups excluding tert-OH is 1. The number of esters is 1. The molecule has 1 aromatic rings. The fraction of sp³-hybridized carbons (Fsp3) is 0.353. The zero-order chi connectivity index (χ0) is 18.7. The van der Waals surface area contributed by atoms with Crippen LogP contribution in [0, 0.1) is 11.8 Å². The quantitative estimate of drug-likeness (QED) is 0.237. The molecule has 0 radical (unpaired) electrons. The van der Waals surface area contributed by atoms with E-state index in [2.05, 4.69) is 21.9 Å². The van der Waals surface area contributed by atoms with Crippen molar-refractivity contribution < 1.29 is 29.4 Å². The summed E-state index contributed by atoms with van der Waals surface area (Å²) in [6.45, 7) is -0.0172. The van der Waals surface area contributed by atoms with Crippen molar-refractivity contribution in [3.8, 4) is 11.8 Å². The van der Waals surface area contributed by atoms with Crippen LogP contribution in [0.4, 0.5) is 0 Å². The van der Waals surface area contributed by atoms with Crippen LogP contribution >= 0.6 is 0 Å². The number of benzene rings is 1. The molecule has 25 heavy (non-hydrogen) atoms. The number of nitrogens with one attached hydrogen (secondary N) is 2. The second-order valence-electron chi connectivity index (χ2n) is 4.98. The van der Waals surface area contributed by atoms with Gasteiger partial charge in [0.2, 0.25) is 5.91 Å². The van der Waals surface area contributed by atoms with Gasteiger partial charge in [-0.1, -0.05) is 11.8 Å². The van der Waals surface area contributed by atoms with Crippen LogP contribution in [0.1, 0.15) is 35.2 Å². The van der Waals surface area contributed by atoms with E-state index < -0.39 is 23.8 Å². The molecule has 134 valence electrons. The molecule has 8 nitrogen and oxygen atoms in total. The van der Waals surface area contributed by atoms with Gasteiger partial charge in [0.1, 0.15) is 6.04 Å². The average molecular weight is 348 g/mol. The molecule has 1 rings (SSSR count). The van der Waals surface area contributed by atoms with Crippen molar-refractivity contribution in [2.45, 2.75) is 25.3 Å². The van der Waals surface area contributed by atoms with Gasteiger partial charge >= 0.3 is 5.97 Å². The highest BCUT2D eigenvalue weighted by molar-refractivity contribution is 5.97. The molecule has 0 saturated carbocycles. The van der Waals surface area contributed by atoms with Crippen molar-refractivity contribution in [1.82, 2.24) is 10.8 Å². The fourth-order valence-electron chi connectivity index (χ4n) is 1.89. The maximum atomic E-state index is 12.2. The van der Waals surface area contributed by atoms with Crippen molar-refractivity contribution in [3.63, 3.8) is 0 Å². The number of methoxy groups -OCH3 is 1. The minimum absolute atomic E-state index is 0.0172. The van der Waals surface area contributed by atoms with E-state index in [1.165, 1.54) is 12.6 Å². The lowest BCUT2D eigenvalue weighted by molar-refractivity contribution is -0.143. The summed E-state index contributed by atoms with van der Waals surface area (Å²) in [5, 5.41) is 19.6. The van der Waals surface area contributed by atoms with Crippen LogP contribution in [0.3, 0.4) is 0 Å². The average Bonchev–Trinajstić information content (AvgIpc) is 2.64. The molecule has 0 aliphatic carbocycles. The Morgan fingerprint density at radius 3 is 2.48 bits per heavy atom. The maximum absolute atomic E-state index is 12.2. The van der Waals surface area contributed by atoms with Gasteiger partial charge in [-0.05, 0) is 30.7 Å². The molecule has 4 N–H and O–H groups in total. The zero-order valence-corrected chi connectivity index (χ0v) is 13.7. The Morgan fingerprint density at radius 1 is 1.24 bits per heavy atom. The van der Waals surface area contributed by atoms with Crippen LogP contribution in [0.25, 0.3) is 0 Å². The Balaban J connectivity index is 2.74. The predicted octanol–water partition coefficient (Wildman–Crippen LogP) is -0.0225. The molecule has 0 aliphatic heterocycles. The van der Waals surface area contributed by atoms with Crippen LogP contribution < -0.4 is 10.8 Å². The number of hydroxylamine groups is 1. The van der Waals surface area contributed by atoms with Gasteiger partial charge in [0.15, 0.2) is 0 Å². The second kappa shape index (κ2) is 10.8. The summed E-state index contributed by atoms with van der Waals surface area (Å²) in [5.74, 6) is 3.74. The topological polar surface area (TPSA) is 125 Å². The fourth-order valence-corrected chi connectivity index (χ4v) is 1.89. The minimum Gasteiger partial charge on any atom is -0.467 e. The number of carbonyl (C=O) groups is 3. The Labute approximate surface area is 145 Å². The van der Waals surface area contributed by atoms with E-state index >= 15 is 0 Å². The molecule has 2 amide bonds. The first kappa shape index (κ1) is 20.2. The van der Waals surface area contributed by atoms with Gasteiger partial charge in [-0.25, -0.2) is 10.3 Å². The lowest BCUT2D eigenvalue weighted by Crippen LogP contribution is -2.42. The first-order valence-corrected chi connectivity index (χ1v) is 7.53. The van der Waals surface area contributed by atoms with Crippen LogP contribution in [0.15, 0.2) is 24.3 Å². The molecule has 0 aromatic heterocycles. The number of carbonyl (C=O) groups excluding carboxylic acids is 3. The number of hydrogen-bond donors (Lipinski definition) is 4. The van der Waals surface area contributed by atoms with Crippen molar-refractivity contribution in [1.29, 1.82) is 0 Å². The third-order valence-corrected chi connectivity index (χ3v) is 3.19. The highest BCUT2D eigenvalue weighted by Gasteiger charge is 2.23. The van der Waals surface area contributed by atoms with E-state index in [1.54, 1.807) is 24.3 Å². The molecule has 1 atom stereocenters. The summed E-state index contributed by atoms with van der Waals surface area (Å²) in [4.78, 5) is 35.0. The van der Waals surface area contributed by atoms with Gasteiger partial charge in [-0.15, -0.1) is 0 Å². The minimum atomic E-state index is -1.01. The largest absolute Gasteiger partial charge is 0.467 e. The molecule has 0 bridgehead atoms. The molecule has 0 unspecified atom stereocenters. The predicted molar refractivity (Wildman–Crippen MR) is 87.5 cm³/mol. The van der Waals surface area contributed by atoms with Gasteiger partial charge in [-0.2, -0.15) is 0 Å². The number of hydrogen-bond acceptors (Lipinski definition) is 6. The summed E-state index contributed by atoms with van der Waals surface area (Å²) < 4.78 is 4.60. The molecule has 0 aliphatic rings. The van der Waals surface area contributed by atoms with E-state index in [-0.39, 0.29) is 19.4 Å². The smallest absolute Gasteiger partial charge is 0.328 e. The zero-order valence-electron chi connectivity index (χ0n) is 13.7. The first-order valence-electron chi connectivity index (χ1n) is 7.53. The molecule has 0 saturated heterocycles. The van der Waals surface area contributed by atoms with Crippen molar-refractivity contribution in [2.75, 3.05) is 13.7 Å².